The molecule has 1 radical (unpaired) electrons. The molecule has 1 aromatic heterocycles. The lowest BCUT2D eigenvalue weighted by molar-refractivity contribution is 0.886. The molecule has 1 aromatic carbocycles. The van der Waals surface area contributed by atoms with Crippen molar-refractivity contribution in [1.29, 1.82) is 0 Å². The molecule has 0 bridgehead atoms. The van der Waals surface area contributed by atoms with E-state index < -0.39 is 0 Å². The second-order valence-electron chi connectivity index (χ2n) is 3.09. The monoisotopic (exact) mass is 159 g/mol. The molecule has 0 amide bonds. The van der Waals surface area contributed by atoms with Crippen LogP contribution in [0.1, 0.15) is 11.4 Å². The third-order valence-corrected chi connectivity index (χ3v) is 2.26. The van der Waals surface area contributed by atoms with Gasteiger partial charge in [0.25, 0.3) is 0 Å². The SMILES string of the molecule is Cc1c[c]cc2c1nc(C)n2C. The Morgan fingerprint density at radius 2 is 2.08 bits per heavy atom. The zero-order valence-corrected chi connectivity index (χ0v) is 7.55. The van der Waals surface area contributed by atoms with E-state index in [1.807, 2.05) is 26.1 Å². The van der Waals surface area contributed by atoms with Crippen LogP contribution in [0.25, 0.3) is 11.0 Å². The highest BCUT2D eigenvalue weighted by atomic mass is 15.0. The van der Waals surface area contributed by atoms with Gasteiger partial charge < -0.3 is 4.57 Å². The Labute approximate surface area is 71.8 Å². The Balaban J connectivity index is 2.95. The molecule has 0 N–H and O–H groups in total. The minimum Gasteiger partial charge on any atom is -0.331 e. The van der Waals surface area contributed by atoms with Crippen molar-refractivity contribution in [3.63, 3.8) is 0 Å². The maximum atomic E-state index is 4.46. The number of imidazole rings is 1. The lowest BCUT2D eigenvalue weighted by Gasteiger charge is -1.95. The van der Waals surface area contributed by atoms with Crippen molar-refractivity contribution in [2.24, 2.45) is 7.05 Å². The molecule has 0 spiro atoms. The van der Waals surface area contributed by atoms with Crippen LogP contribution in [0.15, 0.2) is 12.1 Å². The van der Waals surface area contributed by atoms with Crippen LogP contribution in [-0.2, 0) is 7.05 Å². The number of aromatic nitrogens is 2. The smallest absolute Gasteiger partial charge is 0.106 e. The van der Waals surface area contributed by atoms with Crippen LogP contribution in [0.5, 0.6) is 0 Å². The Morgan fingerprint density at radius 1 is 1.33 bits per heavy atom. The van der Waals surface area contributed by atoms with Gasteiger partial charge in [0.05, 0.1) is 11.0 Å². The summed E-state index contributed by atoms with van der Waals surface area (Å²) >= 11 is 0. The summed E-state index contributed by atoms with van der Waals surface area (Å²) in [5, 5.41) is 0. The van der Waals surface area contributed by atoms with E-state index in [0.717, 1.165) is 16.9 Å². The normalized spacial score (nSPS) is 10.9. The van der Waals surface area contributed by atoms with Crippen LogP contribution in [-0.4, -0.2) is 9.55 Å². The van der Waals surface area contributed by atoms with E-state index in [2.05, 4.69) is 22.5 Å². The fraction of sp³-hybridized carbons (Fsp3) is 0.300. The predicted molar refractivity (Wildman–Crippen MR) is 49.0 cm³/mol. The maximum absolute atomic E-state index is 4.46. The standard InChI is InChI=1S/C10H11N2/c1-7-5-4-6-9-10(7)11-8(2)12(9)3/h5-6H,1-3H3. The summed E-state index contributed by atoms with van der Waals surface area (Å²) in [4.78, 5) is 4.46. The molecule has 0 aliphatic heterocycles. The van der Waals surface area contributed by atoms with Crippen LogP contribution in [0.2, 0.25) is 0 Å². The Bertz CT molecular complexity index is 427. The van der Waals surface area contributed by atoms with E-state index >= 15 is 0 Å². The average Bonchev–Trinajstić information content (AvgIpc) is 2.32. The van der Waals surface area contributed by atoms with E-state index in [0.29, 0.717) is 0 Å². The molecule has 0 saturated carbocycles. The Kier molecular flexibility index (Phi) is 1.43. The Morgan fingerprint density at radius 3 is 2.75 bits per heavy atom. The van der Waals surface area contributed by atoms with Gasteiger partial charge in [-0.25, -0.2) is 4.98 Å². The second-order valence-corrected chi connectivity index (χ2v) is 3.09. The van der Waals surface area contributed by atoms with Crippen LogP contribution in [0.4, 0.5) is 0 Å². The molecule has 61 valence electrons. The lowest BCUT2D eigenvalue weighted by Crippen LogP contribution is -1.89. The third-order valence-electron chi connectivity index (χ3n) is 2.26. The molecule has 0 saturated heterocycles. The first-order chi connectivity index (χ1) is 5.70. The molecular formula is C10H11N2. The van der Waals surface area contributed by atoms with Crippen molar-refractivity contribution in [3.8, 4) is 0 Å². The maximum Gasteiger partial charge on any atom is 0.106 e. The summed E-state index contributed by atoms with van der Waals surface area (Å²) in [5.74, 6) is 1.05. The van der Waals surface area contributed by atoms with Gasteiger partial charge in [-0.15, -0.1) is 0 Å². The molecule has 2 aromatic rings. The molecule has 2 heteroatoms. The summed E-state index contributed by atoms with van der Waals surface area (Å²) in [6, 6.07) is 7.04. The van der Waals surface area contributed by atoms with Crippen molar-refractivity contribution in [1.82, 2.24) is 9.55 Å². The summed E-state index contributed by atoms with van der Waals surface area (Å²) in [6.07, 6.45) is 0. The number of fused-ring (bicyclic) bond motifs is 1. The quantitative estimate of drug-likeness (QED) is 0.574. The average molecular weight is 159 g/mol. The van der Waals surface area contributed by atoms with Gasteiger partial charge >= 0.3 is 0 Å². The summed E-state index contributed by atoms with van der Waals surface area (Å²) in [6.45, 7) is 4.07. The summed E-state index contributed by atoms with van der Waals surface area (Å²) < 4.78 is 2.08. The number of aryl methyl sites for hydroxylation is 3. The molecule has 0 fully saturated rings. The number of benzene rings is 1. The molecule has 0 aliphatic rings. The van der Waals surface area contributed by atoms with E-state index in [4.69, 9.17) is 0 Å². The van der Waals surface area contributed by atoms with Crippen molar-refractivity contribution in [2.45, 2.75) is 13.8 Å². The van der Waals surface area contributed by atoms with Crippen molar-refractivity contribution < 1.29 is 0 Å². The van der Waals surface area contributed by atoms with Gasteiger partial charge in [-0.2, -0.15) is 0 Å². The highest BCUT2D eigenvalue weighted by molar-refractivity contribution is 5.79. The number of hydrogen-bond acceptors (Lipinski definition) is 1. The van der Waals surface area contributed by atoms with Gasteiger partial charge in [0.15, 0.2) is 0 Å². The minimum atomic E-state index is 1.05. The Hall–Kier alpha value is -1.31. The number of hydrogen-bond donors (Lipinski definition) is 0. The molecular weight excluding hydrogens is 148 g/mol. The second kappa shape index (κ2) is 2.34. The van der Waals surface area contributed by atoms with Crippen LogP contribution < -0.4 is 0 Å². The molecule has 12 heavy (non-hydrogen) atoms. The third kappa shape index (κ3) is 0.843. The molecule has 0 atom stereocenters. The summed E-state index contributed by atoms with van der Waals surface area (Å²) in [7, 11) is 2.03. The van der Waals surface area contributed by atoms with Gasteiger partial charge in [-0.3, -0.25) is 0 Å². The van der Waals surface area contributed by atoms with Gasteiger partial charge in [0.2, 0.25) is 0 Å². The van der Waals surface area contributed by atoms with Gasteiger partial charge in [0.1, 0.15) is 5.82 Å². The van der Waals surface area contributed by atoms with E-state index in [1.165, 1.54) is 5.56 Å². The molecule has 0 aliphatic carbocycles. The largest absolute Gasteiger partial charge is 0.331 e. The highest BCUT2D eigenvalue weighted by Crippen LogP contribution is 2.17. The highest BCUT2D eigenvalue weighted by Gasteiger charge is 2.04. The summed E-state index contributed by atoms with van der Waals surface area (Å²) in [5.41, 5.74) is 3.44. The van der Waals surface area contributed by atoms with Crippen molar-refractivity contribution >= 4 is 11.0 Å². The molecule has 2 rings (SSSR count). The first-order valence-electron chi connectivity index (χ1n) is 4.00. The molecule has 2 nitrogen and oxygen atoms in total. The lowest BCUT2D eigenvalue weighted by atomic mass is 10.2. The van der Waals surface area contributed by atoms with E-state index in [1.54, 1.807) is 0 Å². The molecule has 0 unspecified atom stereocenters. The van der Waals surface area contributed by atoms with Crippen LogP contribution in [0, 0.1) is 19.9 Å². The van der Waals surface area contributed by atoms with Crippen molar-refractivity contribution in [2.75, 3.05) is 0 Å². The first-order valence-corrected chi connectivity index (χ1v) is 4.00. The van der Waals surface area contributed by atoms with Gasteiger partial charge in [-0.05, 0) is 37.6 Å². The number of rotatable bonds is 0. The zero-order chi connectivity index (χ0) is 8.72. The first kappa shape index (κ1) is 7.35. The van der Waals surface area contributed by atoms with Crippen LogP contribution in [0.3, 0.4) is 0 Å². The number of nitrogens with zero attached hydrogens (tertiary/aromatic N) is 2. The molecule has 1 heterocycles. The van der Waals surface area contributed by atoms with Crippen molar-refractivity contribution in [3.05, 3.63) is 29.6 Å². The minimum absolute atomic E-state index is 1.05. The van der Waals surface area contributed by atoms with Crippen LogP contribution >= 0.6 is 0 Å². The van der Waals surface area contributed by atoms with Gasteiger partial charge in [-0.1, -0.05) is 0 Å². The fourth-order valence-corrected chi connectivity index (χ4v) is 1.40. The van der Waals surface area contributed by atoms with E-state index in [9.17, 15) is 0 Å². The topological polar surface area (TPSA) is 17.8 Å². The predicted octanol–water partition coefficient (Wildman–Crippen LogP) is 1.99. The fourth-order valence-electron chi connectivity index (χ4n) is 1.40. The van der Waals surface area contributed by atoms with Gasteiger partial charge in [0, 0.05) is 7.05 Å². The van der Waals surface area contributed by atoms with E-state index in [-0.39, 0.29) is 0 Å². The zero-order valence-electron chi connectivity index (χ0n) is 7.55.